The largest absolute Gasteiger partial charge is 0.444 e. The van der Waals surface area contributed by atoms with Gasteiger partial charge in [0.1, 0.15) is 6.26 Å². The van der Waals surface area contributed by atoms with Crippen molar-refractivity contribution in [3.8, 4) is 22.8 Å². The molecule has 0 radical (unpaired) electrons. The summed E-state index contributed by atoms with van der Waals surface area (Å²) in [6.07, 6.45) is 7.67. The van der Waals surface area contributed by atoms with E-state index in [1.54, 1.807) is 24.2 Å². The molecular formula is C21H19N5OS. The Labute approximate surface area is 167 Å². The number of aryl methyl sites for hydroxylation is 1. The van der Waals surface area contributed by atoms with Gasteiger partial charge in [-0.25, -0.2) is 4.98 Å². The highest BCUT2D eigenvalue weighted by atomic mass is 32.2. The first-order valence-electron chi connectivity index (χ1n) is 9.27. The van der Waals surface area contributed by atoms with E-state index in [1.807, 2.05) is 30.5 Å². The summed E-state index contributed by atoms with van der Waals surface area (Å²) in [5.74, 6) is 2.22. The quantitative estimate of drug-likeness (QED) is 0.436. The zero-order valence-electron chi connectivity index (χ0n) is 15.4. The van der Waals surface area contributed by atoms with E-state index < -0.39 is 0 Å². The minimum absolute atomic E-state index is 0.480. The molecule has 28 heavy (non-hydrogen) atoms. The normalized spacial score (nSPS) is 13.8. The van der Waals surface area contributed by atoms with Crippen LogP contribution in [0.1, 0.15) is 30.1 Å². The molecule has 0 saturated heterocycles. The van der Waals surface area contributed by atoms with Gasteiger partial charge in [0.2, 0.25) is 5.89 Å². The predicted molar refractivity (Wildman–Crippen MR) is 108 cm³/mol. The molecule has 5 rings (SSSR count). The van der Waals surface area contributed by atoms with Crippen LogP contribution in [0.15, 0.2) is 64.6 Å². The molecule has 140 valence electrons. The first-order chi connectivity index (χ1) is 13.8. The number of pyridine rings is 1. The zero-order valence-corrected chi connectivity index (χ0v) is 16.3. The van der Waals surface area contributed by atoms with Gasteiger partial charge in [-0.2, -0.15) is 0 Å². The number of thioether (sulfide) groups is 1. The van der Waals surface area contributed by atoms with Gasteiger partial charge in [-0.05, 0) is 44.0 Å². The second kappa shape index (κ2) is 7.24. The molecule has 1 aliphatic rings. The van der Waals surface area contributed by atoms with Gasteiger partial charge in [-0.1, -0.05) is 29.5 Å². The van der Waals surface area contributed by atoms with Crippen molar-refractivity contribution in [3.63, 3.8) is 0 Å². The SMILES string of the molecule is Cc1ccc(-c2nc(CSc3nnc(-c4cccnc4)n3C3CC3)co2)cc1. The average molecular weight is 389 g/mol. The highest BCUT2D eigenvalue weighted by molar-refractivity contribution is 7.98. The van der Waals surface area contributed by atoms with Crippen molar-refractivity contribution in [3.05, 3.63) is 66.3 Å². The molecule has 1 aliphatic carbocycles. The molecule has 1 fully saturated rings. The Kier molecular flexibility index (Phi) is 4.44. The number of hydrogen-bond acceptors (Lipinski definition) is 6. The van der Waals surface area contributed by atoms with E-state index in [2.05, 4.69) is 43.8 Å². The van der Waals surface area contributed by atoms with E-state index in [0.717, 1.165) is 27.8 Å². The molecule has 4 aromatic rings. The number of hydrogen-bond donors (Lipinski definition) is 0. The Morgan fingerprint density at radius 3 is 2.71 bits per heavy atom. The Balaban J connectivity index is 1.35. The van der Waals surface area contributed by atoms with Crippen molar-refractivity contribution in [2.24, 2.45) is 0 Å². The lowest BCUT2D eigenvalue weighted by atomic mass is 10.1. The molecule has 6 nitrogen and oxygen atoms in total. The highest BCUT2D eigenvalue weighted by Crippen LogP contribution is 2.41. The van der Waals surface area contributed by atoms with Gasteiger partial charge in [0, 0.05) is 35.3 Å². The summed E-state index contributed by atoms with van der Waals surface area (Å²) in [6, 6.07) is 12.6. The molecule has 3 heterocycles. The third-order valence-electron chi connectivity index (χ3n) is 4.70. The Hall–Kier alpha value is -2.93. The first-order valence-corrected chi connectivity index (χ1v) is 10.3. The summed E-state index contributed by atoms with van der Waals surface area (Å²) in [5.41, 5.74) is 4.10. The minimum atomic E-state index is 0.480. The van der Waals surface area contributed by atoms with Crippen molar-refractivity contribution < 1.29 is 4.42 Å². The first kappa shape index (κ1) is 17.2. The molecule has 0 amide bonds. The molecule has 0 aliphatic heterocycles. The molecule has 0 spiro atoms. The van der Waals surface area contributed by atoms with Crippen molar-refractivity contribution in [1.29, 1.82) is 0 Å². The van der Waals surface area contributed by atoms with Crippen molar-refractivity contribution in [2.45, 2.75) is 36.7 Å². The second-order valence-corrected chi connectivity index (χ2v) is 7.89. The minimum Gasteiger partial charge on any atom is -0.444 e. The van der Waals surface area contributed by atoms with Crippen molar-refractivity contribution in [2.75, 3.05) is 0 Å². The molecule has 1 saturated carbocycles. The maximum Gasteiger partial charge on any atom is 0.226 e. The molecule has 1 aromatic carbocycles. The fourth-order valence-corrected chi connectivity index (χ4v) is 3.95. The summed E-state index contributed by atoms with van der Waals surface area (Å²) in [7, 11) is 0. The average Bonchev–Trinajstić information content (AvgIpc) is 3.30. The summed E-state index contributed by atoms with van der Waals surface area (Å²) >= 11 is 1.64. The van der Waals surface area contributed by atoms with Gasteiger partial charge in [-0.15, -0.1) is 10.2 Å². The Bertz CT molecular complexity index is 1080. The molecule has 7 heteroatoms. The van der Waals surface area contributed by atoms with Gasteiger partial charge in [0.25, 0.3) is 0 Å². The van der Waals surface area contributed by atoms with E-state index in [-0.39, 0.29) is 0 Å². The number of rotatable bonds is 6. The third kappa shape index (κ3) is 3.45. The maximum atomic E-state index is 5.67. The Morgan fingerprint density at radius 1 is 1.11 bits per heavy atom. The summed E-state index contributed by atoms with van der Waals surface area (Å²) < 4.78 is 7.91. The highest BCUT2D eigenvalue weighted by Gasteiger charge is 2.30. The van der Waals surface area contributed by atoms with E-state index in [0.29, 0.717) is 17.7 Å². The maximum absolute atomic E-state index is 5.67. The lowest BCUT2D eigenvalue weighted by Gasteiger charge is -2.07. The van der Waals surface area contributed by atoms with Crippen LogP contribution in [0.4, 0.5) is 0 Å². The van der Waals surface area contributed by atoms with Crippen LogP contribution in [0.3, 0.4) is 0 Å². The zero-order chi connectivity index (χ0) is 18.9. The fourth-order valence-electron chi connectivity index (χ4n) is 3.07. The van der Waals surface area contributed by atoms with Gasteiger partial charge in [-0.3, -0.25) is 9.55 Å². The van der Waals surface area contributed by atoms with Gasteiger partial charge in [0.05, 0.1) is 5.69 Å². The van der Waals surface area contributed by atoms with Crippen LogP contribution in [0, 0.1) is 6.92 Å². The number of aromatic nitrogens is 5. The van der Waals surface area contributed by atoms with Crippen LogP contribution in [-0.4, -0.2) is 24.7 Å². The Morgan fingerprint density at radius 2 is 1.96 bits per heavy atom. The summed E-state index contributed by atoms with van der Waals surface area (Å²) in [4.78, 5) is 8.84. The van der Waals surface area contributed by atoms with Crippen molar-refractivity contribution in [1.82, 2.24) is 24.7 Å². The van der Waals surface area contributed by atoms with Crippen LogP contribution >= 0.6 is 11.8 Å². The smallest absolute Gasteiger partial charge is 0.226 e. The topological polar surface area (TPSA) is 69.6 Å². The van der Waals surface area contributed by atoms with Crippen LogP contribution in [0.2, 0.25) is 0 Å². The van der Waals surface area contributed by atoms with Gasteiger partial charge >= 0.3 is 0 Å². The fraction of sp³-hybridized carbons (Fsp3) is 0.238. The van der Waals surface area contributed by atoms with E-state index in [9.17, 15) is 0 Å². The number of nitrogens with zero attached hydrogens (tertiary/aromatic N) is 5. The van der Waals surface area contributed by atoms with Crippen LogP contribution < -0.4 is 0 Å². The van der Waals surface area contributed by atoms with Crippen LogP contribution in [0.5, 0.6) is 0 Å². The summed E-state index contributed by atoms with van der Waals surface area (Å²) in [6.45, 7) is 2.07. The molecule has 0 N–H and O–H groups in total. The van der Waals surface area contributed by atoms with Crippen molar-refractivity contribution >= 4 is 11.8 Å². The number of oxazole rings is 1. The molecule has 0 unspecified atom stereocenters. The lowest BCUT2D eigenvalue weighted by Crippen LogP contribution is -2.00. The molecule has 0 atom stereocenters. The molecular weight excluding hydrogens is 370 g/mol. The monoisotopic (exact) mass is 389 g/mol. The summed E-state index contributed by atoms with van der Waals surface area (Å²) in [5, 5.41) is 9.78. The van der Waals surface area contributed by atoms with E-state index in [1.165, 1.54) is 18.4 Å². The predicted octanol–water partition coefficient (Wildman–Crippen LogP) is 4.93. The van der Waals surface area contributed by atoms with Crippen LogP contribution in [0.25, 0.3) is 22.8 Å². The molecule has 3 aromatic heterocycles. The standard InChI is InChI=1S/C21H19N5OS/c1-14-4-6-15(7-5-14)20-23-17(12-27-20)13-28-21-25-24-19(26(21)18-8-9-18)16-3-2-10-22-11-16/h2-7,10-12,18H,8-9,13H2,1H3. The van der Waals surface area contributed by atoms with Crippen LogP contribution in [-0.2, 0) is 5.75 Å². The van der Waals surface area contributed by atoms with Gasteiger partial charge in [0.15, 0.2) is 11.0 Å². The molecule has 0 bridgehead atoms. The number of benzene rings is 1. The van der Waals surface area contributed by atoms with E-state index >= 15 is 0 Å². The lowest BCUT2D eigenvalue weighted by molar-refractivity contribution is 0.573. The second-order valence-electron chi connectivity index (χ2n) is 6.95. The van der Waals surface area contributed by atoms with E-state index in [4.69, 9.17) is 4.42 Å². The third-order valence-corrected chi connectivity index (χ3v) is 5.67. The van der Waals surface area contributed by atoms with Gasteiger partial charge < -0.3 is 4.42 Å².